The Balaban J connectivity index is 2.72. The number of nitrogens with one attached hydrogen (secondary N) is 1. The molecule has 7 nitrogen and oxygen atoms in total. The van der Waals surface area contributed by atoms with Gasteiger partial charge in [0.1, 0.15) is 0 Å². The number of rotatable bonds is 5. The summed E-state index contributed by atoms with van der Waals surface area (Å²) in [7, 11) is 0. The number of ether oxygens (including phenoxy) is 1. The van der Waals surface area contributed by atoms with Gasteiger partial charge in [0.25, 0.3) is 0 Å². The topological polar surface area (TPSA) is 86.0 Å². The number of nitrogens with zero attached hydrogens (tertiary/aromatic N) is 3. The maximum absolute atomic E-state index is 11.2. The van der Waals surface area contributed by atoms with E-state index < -0.39 is 4.92 Å². The van der Waals surface area contributed by atoms with Crippen molar-refractivity contribution < 1.29 is 9.66 Å². The molecule has 0 spiro atoms. The lowest BCUT2D eigenvalue weighted by Gasteiger charge is -2.13. The molecule has 8 heteroatoms. The molecule has 0 bridgehead atoms. The Bertz CT molecular complexity index is 720. The number of nitro benzene ring substituents is 1. The number of hydrogen-bond acceptors (Lipinski definition) is 5. The molecule has 1 heterocycles. The molecular weight excluding hydrogens is 292 g/mol. The molecule has 1 N–H and O–H groups in total. The van der Waals surface area contributed by atoms with Gasteiger partial charge in [-0.2, -0.15) is 5.10 Å². The summed E-state index contributed by atoms with van der Waals surface area (Å²) >= 11 is 5.21. The fraction of sp³-hybridized carbons (Fsp3) is 0.385. The largest absolute Gasteiger partial charge is 0.487 e. The van der Waals surface area contributed by atoms with Crippen molar-refractivity contribution in [1.82, 2.24) is 14.8 Å². The summed E-state index contributed by atoms with van der Waals surface area (Å²) in [4.78, 5) is 10.7. The van der Waals surface area contributed by atoms with Gasteiger partial charge >= 0.3 is 5.69 Å². The fourth-order valence-corrected chi connectivity index (χ4v) is 2.46. The van der Waals surface area contributed by atoms with E-state index in [0.717, 1.165) is 0 Å². The van der Waals surface area contributed by atoms with E-state index in [9.17, 15) is 10.1 Å². The molecule has 0 radical (unpaired) electrons. The van der Waals surface area contributed by atoms with Gasteiger partial charge in [0.2, 0.25) is 5.75 Å². The van der Waals surface area contributed by atoms with Crippen molar-refractivity contribution >= 4 is 17.9 Å². The highest BCUT2D eigenvalue weighted by molar-refractivity contribution is 7.71. The van der Waals surface area contributed by atoms with Gasteiger partial charge in [-0.25, -0.2) is 0 Å². The maximum atomic E-state index is 11.2. The van der Waals surface area contributed by atoms with Gasteiger partial charge in [-0.15, -0.1) is 0 Å². The Labute approximate surface area is 126 Å². The Morgan fingerprint density at radius 2 is 2.24 bits per heavy atom. The van der Waals surface area contributed by atoms with Crippen LogP contribution in [0.3, 0.4) is 0 Å². The molecule has 0 amide bonds. The van der Waals surface area contributed by atoms with Crippen molar-refractivity contribution in [2.75, 3.05) is 6.61 Å². The summed E-state index contributed by atoms with van der Waals surface area (Å²) < 4.78 is 7.75. The lowest BCUT2D eigenvalue weighted by molar-refractivity contribution is -0.385. The SMILES string of the molecule is CCOc1c(-c2n[nH]c(=S)n2C(C)C)cccc1[N+](=O)[O-]. The zero-order valence-electron chi connectivity index (χ0n) is 12.0. The second kappa shape index (κ2) is 6.04. The molecule has 1 aromatic carbocycles. The molecule has 1 aromatic heterocycles. The minimum atomic E-state index is -0.463. The van der Waals surface area contributed by atoms with Gasteiger partial charge in [-0.1, -0.05) is 6.07 Å². The maximum Gasteiger partial charge on any atom is 0.311 e. The molecule has 21 heavy (non-hydrogen) atoms. The molecule has 0 fully saturated rings. The van der Waals surface area contributed by atoms with Gasteiger partial charge in [0, 0.05) is 12.1 Å². The first-order valence-electron chi connectivity index (χ1n) is 6.54. The number of nitro groups is 1. The first-order chi connectivity index (χ1) is 9.97. The van der Waals surface area contributed by atoms with Gasteiger partial charge in [0.15, 0.2) is 10.6 Å². The molecule has 0 aliphatic heterocycles. The van der Waals surface area contributed by atoms with Crippen molar-refractivity contribution in [2.24, 2.45) is 0 Å². The molecule has 0 saturated carbocycles. The fourth-order valence-electron chi connectivity index (χ4n) is 2.11. The summed E-state index contributed by atoms with van der Waals surface area (Å²) in [6.45, 7) is 6.03. The van der Waals surface area contributed by atoms with Gasteiger partial charge in [0.05, 0.1) is 17.1 Å². The molecule has 0 saturated heterocycles. The molecule has 2 rings (SSSR count). The van der Waals surface area contributed by atoms with Crippen LogP contribution in [0, 0.1) is 14.9 Å². The van der Waals surface area contributed by atoms with E-state index in [2.05, 4.69) is 10.2 Å². The highest BCUT2D eigenvalue weighted by Gasteiger charge is 2.23. The zero-order chi connectivity index (χ0) is 15.6. The van der Waals surface area contributed by atoms with Crippen LogP contribution < -0.4 is 4.74 Å². The Morgan fingerprint density at radius 3 is 2.81 bits per heavy atom. The quantitative estimate of drug-likeness (QED) is 0.519. The van der Waals surface area contributed by atoms with Crippen LogP contribution in [-0.2, 0) is 0 Å². The molecule has 0 aliphatic rings. The van der Waals surface area contributed by atoms with Gasteiger partial charge < -0.3 is 4.74 Å². The van der Waals surface area contributed by atoms with Crippen molar-refractivity contribution in [1.29, 1.82) is 0 Å². The number of aromatic nitrogens is 3. The van der Waals surface area contributed by atoms with Crippen LogP contribution in [0.15, 0.2) is 18.2 Å². The third kappa shape index (κ3) is 2.80. The van der Waals surface area contributed by atoms with E-state index in [4.69, 9.17) is 17.0 Å². The summed E-state index contributed by atoms with van der Waals surface area (Å²) in [6, 6.07) is 4.83. The predicted molar refractivity (Wildman–Crippen MR) is 81.1 cm³/mol. The number of H-pyrrole nitrogens is 1. The van der Waals surface area contributed by atoms with E-state index in [0.29, 0.717) is 22.8 Å². The second-order valence-electron chi connectivity index (χ2n) is 4.66. The van der Waals surface area contributed by atoms with Crippen LogP contribution in [0.5, 0.6) is 5.75 Å². The third-order valence-electron chi connectivity index (χ3n) is 2.94. The van der Waals surface area contributed by atoms with E-state index in [-0.39, 0.29) is 17.5 Å². The average molecular weight is 308 g/mol. The molecule has 112 valence electrons. The number of benzene rings is 1. The van der Waals surface area contributed by atoms with Crippen LogP contribution in [0.2, 0.25) is 0 Å². The monoisotopic (exact) mass is 308 g/mol. The summed E-state index contributed by atoms with van der Waals surface area (Å²) in [5.41, 5.74) is 0.464. The Kier molecular flexibility index (Phi) is 4.37. The number of aromatic amines is 1. The first-order valence-corrected chi connectivity index (χ1v) is 6.95. The van der Waals surface area contributed by atoms with Crippen LogP contribution >= 0.6 is 12.2 Å². The minimum Gasteiger partial charge on any atom is -0.487 e. The third-order valence-corrected chi connectivity index (χ3v) is 3.23. The van der Waals surface area contributed by atoms with Crippen LogP contribution in [0.1, 0.15) is 26.8 Å². The van der Waals surface area contributed by atoms with Crippen LogP contribution in [-0.4, -0.2) is 26.3 Å². The highest BCUT2D eigenvalue weighted by atomic mass is 32.1. The minimum absolute atomic E-state index is 0.0694. The summed E-state index contributed by atoms with van der Waals surface area (Å²) in [5.74, 6) is 0.739. The van der Waals surface area contributed by atoms with Gasteiger partial charge in [-0.05, 0) is 39.1 Å². The first kappa shape index (κ1) is 15.2. The molecule has 2 aromatic rings. The van der Waals surface area contributed by atoms with Crippen molar-refractivity contribution in [3.8, 4) is 17.1 Å². The molecular formula is C13H16N4O3S. The predicted octanol–water partition coefficient (Wildman–Crippen LogP) is 3.50. The van der Waals surface area contributed by atoms with E-state index in [1.807, 2.05) is 13.8 Å². The van der Waals surface area contributed by atoms with E-state index >= 15 is 0 Å². The molecule has 0 unspecified atom stereocenters. The van der Waals surface area contributed by atoms with Gasteiger partial charge in [-0.3, -0.25) is 19.8 Å². The average Bonchev–Trinajstić information content (AvgIpc) is 2.81. The Morgan fingerprint density at radius 1 is 1.52 bits per heavy atom. The van der Waals surface area contributed by atoms with E-state index in [1.165, 1.54) is 6.07 Å². The van der Waals surface area contributed by atoms with E-state index in [1.54, 1.807) is 23.6 Å². The normalized spacial score (nSPS) is 10.9. The lowest BCUT2D eigenvalue weighted by Crippen LogP contribution is -2.06. The van der Waals surface area contributed by atoms with Crippen molar-refractivity contribution in [3.63, 3.8) is 0 Å². The molecule has 0 aliphatic carbocycles. The Hall–Kier alpha value is -2.22. The van der Waals surface area contributed by atoms with Crippen molar-refractivity contribution in [2.45, 2.75) is 26.8 Å². The summed E-state index contributed by atoms with van der Waals surface area (Å²) in [5, 5.41) is 18.1. The standard InChI is InChI=1S/C13H16N4O3S/c1-4-20-11-9(6-5-7-10(11)17(18)19)12-14-15-13(21)16(12)8(2)3/h5-8H,4H2,1-3H3,(H,15,21). The number of para-hydroxylation sites is 1. The zero-order valence-corrected chi connectivity index (χ0v) is 12.8. The number of hydrogen-bond donors (Lipinski definition) is 1. The second-order valence-corrected chi connectivity index (χ2v) is 5.05. The lowest BCUT2D eigenvalue weighted by atomic mass is 10.1. The summed E-state index contributed by atoms with van der Waals surface area (Å²) in [6.07, 6.45) is 0. The molecule has 0 atom stereocenters. The van der Waals surface area contributed by atoms with Crippen LogP contribution in [0.25, 0.3) is 11.4 Å². The highest BCUT2D eigenvalue weighted by Crippen LogP contribution is 2.37. The van der Waals surface area contributed by atoms with Crippen LogP contribution in [0.4, 0.5) is 5.69 Å². The van der Waals surface area contributed by atoms with Crippen molar-refractivity contribution in [3.05, 3.63) is 33.1 Å². The smallest absolute Gasteiger partial charge is 0.311 e.